The molecule has 0 spiro atoms. The lowest BCUT2D eigenvalue weighted by Crippen LogP contribution is -2.11. The number of thioether (sulfide) groups is 1. The van der Waals surface area contributed by atoms with Gasteiger partial charge in [-0.1, -0.05) is 43.3 Å². The maximum atomic E-state index is 5.47. The second-order valence-corrected chi connectivity index (χ2v) is 5.89. The van der Waals surface area contributed by atoms with Crippen LogP contribution in [0.25, 0.3) is 0 Å². The number of ether oxygens (including phenoxy) is 1. The first-order valence-electron chi connectivity index (χ1n) is 7.31. The molecule has 2 aromatic carbocycles. The highest BCUT2D eigenvalue weighted by atomic mass is 32.2. The Labute approximate surface area is 131 Å². The van der Waals surface area contributed by atoms with Crippen LogP contribution in [-0.4, -0.2) is 13.7 Å². The summed E-state index contributed by atoms with van der Waals surface area (Å²) < 4.78 is 5.47. The van der Waals surface area contributed by atoms with E-state index in [-0.39, 0.29) is 0 Å². The molecule has 2 rings (SSSR count). The van der Waals surface area contributed by atoms with Crippen molar-refractivity contribution in [3.05, 3.63) is 65.2 Å². The van der Waals surface area contributed by atoms with Crippen molar-refractivity contribution in [3.63, 3.8) is 0 Å². The summed E-state index contributed by atoms with van der Waals surface area (Å²) in [5.41, 5.74) is 3.95. The Morgan fingerprint density at radius 2 is 1.81 bits per heavy atom. The van der Waals surface area contributed by atoms with Crippen LogP contribution in [0.1, 0.15) is 23.6 Å². The van der Waals surface area contributed by atoms with E-state index in [0.29, 0.717) is 0 Å². The van der Waals surface area contributed by atoms with Crippen molar-refractivity contribution in [2.45, 2.75) is 25.0 Å². The van der Waals surface area contributed by atoms with Crippen LogP contribution in [0.2, 0.25) is 0 Å². The zero-order valence-electron chi connectivity index (χ0n) is 12.8. The number of nitrogens with one attached hydrogen (secondary N) is 1. The Morgan fingerprint density at radius 1 is 1.00 bits per heavy atom. The molecule has 3 heteroatoms. The van der Waals surface area contributed by atoms with Crippen LogP contribution in [0, 0.1) is 0 Å². The van der Waals surface area contributed by atoms with Gasteiger partial charge in [0.15, 0.2) is 0 Å². The van der Waals surface area contributed by atoms with E-state index in [1.54, 1.807) is 7.11 Å². The lowest BCUT2D eigenvalue weighted by atomic mass is 10.1. The average Bonchev–Trinajstić information content (AvgIpc) is 2.54. The molecule has 1 N–H and O–H groups in total. The van der Waals surface area contributed by atoms with Gasteiger partial charge in [0.2, 0.25) is 0 Å². The summed E-state index contributed by atoms with van der Waals surface area (Å²) in [6.07, 6.45) is 0. The standard InChI is InChI=1S/C18H23NOS/c1-3-19-12-16-9-10-18(20-2)17(11-16)14-21-13-15-7-5-4-6-8-15/h4-11,19H,3,12-14H2,1-2H3. The van der Waals surface area contributed by atoms with Crippen molar-refractivity contribution < 1.29 is 4.74 Å². The maximum Gasteiger partial charge on any atom is 0.122 e. The van der Waals surface area contributed by atoms with Crippen molar-refractivity contribution in [2.75, 3.05) is 13.7 Å². The van der Waals surface area contributed by atoms with Crippen LogP contribution < -0.4 is 10.1 Å². The van der Waals surface area contributed by atoms with Crippen molar-refractivity contribution in [3.8, 4) is 5.75 Å². The number of hydrogen-bond donors (Lipinski definition) is 1. The van der Waals surface area contributed by atoms with Crippen molar-refractivity contribution in [1.82, 2.24) is 5.32 Å². The van der Waals surface area contributed by atoms with Gasteiger partial charge < -0.3 is 10.1 Å². The lowest BCUT2D eigenvalue weighted by molar-refractivity contribution is 0.411. The summed E-state index contributed by atoms with van der Waals surface area (Å²) in [6, 6.07) is 17.0. The van der Waals surface area contributed by atoms with Crippen LogP contribution in [0.4, 0.5) is 0 Å². The van der Waals surface area contributed by atoms with E-state index in [4.69, 9.17) is 4.74 Å². The van der Waals surface area contributed by atoms with Crippen molar-refractivity contribution in [1.29, 1.82) is 0 Å². The third kappa shape index (κ3) is 5.10. The number of hydrogen-bond acceptors (Lipinski definition) is 3. The summed E-state index contributed by atoms with van der Waals surface area (Å²) in [4.78, 5) is 0. The molecule has 0 saturated carbocycles. The predicted molar refractivity (Wildman–Crippen MR) is 91.8 cm³/mol. The largest absolute Gasteiger partial charge is 0.496 e. The molecule has 2 nitrogen and oxygen atoms in total. The summed E-state index contributed by atoms with van der Waals surface area (Å²) >= 11 is 1.92. The minimum Gasteiger partial charge on any atom is -0.496 e. The Bertz CT molecular complexity index is 542. The van der Waals surface area contributed by atoms with Gasteiger partial charge in [-0.05, 0) is 29.8 Å². The molecule has 0 aromatic heterocycles. The molecular formula is C18H23NOS. The van der Waals surface area contributed by atoms with Crippen molar-refractivity contribution >= 4 is 11.8 Å². The highest BCUT2D eigenvalue weighted by Gasteiger charge is 2.05. The lowest BCUT2D eigenvalue weighted by Gasteiger charge is -2.11. The average molecular weight is 301 g/mol. The van der Waals surface area contributed by atoms with Gasteiger partial charge in [0.05, 0.1) is 7.11 Å². The van der Waals surface area contributed by atoms with Gasteiger partial charge >= 0.3 is 0 Å². The number of methoxy groups -OCH3 is 1. The van der Waals surface area contributed by atoms with Gasteiger partial charge in [-0.2, -0.15) is 11.8 Å². The highest BCUT2D eigenvalue weighted by molar-refractivity contribution is 7.97. The van der Waals surface area contributed by atoms with Crippen LogP contribution in [-0.2, 0) is 18.1 Å². The first-order valence-corrected chi connectivity index (χ1v) is 8.47. The molecule has 2 aromatic rings. The molecule has 0 amide bonds. The van der Waals surface area contributed by atoms with Crippen LogP contribution in [0.5, 0.6) is 5.75 Å². The maximum absolute atomic E-state index is 5.47. The van der Waals surface area contributed by atoms with Gasteiger partial charge in [0, 0.05) is 23.6 Å². The topological polar surface area (TPSA) is 21.3 Å². The quantitative estimate of drug-likeness (QED) is 0.788. The molecule has 21 heavy (non-hydrogen) atoms. The van der Waals surface area contributed by atoms with E-state index in [2.05, 4.69) is 60.8 Å². The molecule has 0 unspecified atom stereocenters. The van der Waals surface area contributed by atoms with E-state index in [1.165, 1.54) is 16.7 Å². The Morgan fingerprint density at radius 3 is 2.52 bits per heavy atom. The fourth-order valence-corrected chi connectivity index (χ4v) is 3.15. The molecule has 0 aliphatic rings. The van der Waals surface area contributed by atoms with Crippen LogP contribution in [0.3, 0.4) is 0 Å². The molecular weight excluding hydrogens is 278 g/mol. The van der Waals surface area contributed by atoms with Crippen molar-refractivity contribution in [2.24, 2.45) is 0 Å². The van der Waals surface area contributed by atoms with E-state index < -0.39 is 0 Å². The van der Waals surface area contributed by atoms with Gasteiger partial charge in [0.25, 0.3) is 0 Å². The molecule has 0 saturated heterocycles. The Kier molecular flexibility index (Phi) is 6.64. The van der Waals surface area contributed by atoms with Crippen LogP contribution >= 0.6 is 11.8 Å². The molecule has 112 valence electrons. The molecule has 0 fully saturated rings. The van der Waals surface area contributed by atoms with E-state index in [0.717, 1.165) is 30.3 Å². The number of rotatable bonds is 8. The van der Waals surface area contributed by atoms with Crippen LogP contribution in [0.15, 0.2) is 48.5 Å². The Balaban J connectivity index is 1.96. The first-order chi connectivity index (χ1) is 10.3. The van der Waals surface area contributed by atoms with Gasteiger partial charge in [-0.15, -0.1) is 0 Å². The summed E-state index contributed by atoms with van der Waals surface area (Å²) in [7, 11) is 1.74. The fourth-order valence-electron chi connectivity index (χ4n) is 2.18. The summed E-state index contributed by atoms with van der Waals surface area (Å²) in [5, 5.41) is 3.36. The van der Waals surface area contributed by atoms with Gasteiger partial charge in [0.1, 0.15) is 5.75 Å². The van der Waals surface area contributed by atoms with Gasteiger partial charge in [-0.25, -0.2) is 0 Å². The normalized spacial score (nSPS) is 10.6. The second-order valence-electron chi connectivity index (χ2n) is 4.90. The highest BCUT2D eigenvalue weighted by Crippen LogP contribution is 2.26. The minimum absolute atomic E-state index is 0.914. The van der Waals surface area contributed by atoms with E-state index in [9.17, 15) is 0 Å². The first kappa shape index (κ1) is 15.9. The molecule has 0 aliphatic carbocycles. The number of benzene rings is 2. The Hall–Kier alpha value is -1.45. The molecule has 0 heterocycles. The van der Waals surface area contributed by atoms with E-state index in [1.807, 2.05) is 11.8 Å². The predicted octanol–water partition coefficient (Wildman–Crippen LogP) is 4.24. The third-order valence-corrected chi connectivity index (χ3v) is 4.35. The monoisotopic (exact) mass is 301 g/mol. The SMILES string of the molecule is CCNCc1ccc(OC)c(CSCc2ccccc2)c1. The smallest absolute Gasteiger partial charge is 0.122 e. The zero-order valence-corrected chi connectivity index (χ0v) is 13.6. The molecule has 0 aliphatic heterocycles. The summed E-state index contributed by atoms with van der Waals surface area (Å²) in [5.74, 6) is 2.98. The zero-order chi connectivity index (χ0) is 14.9. The molecule has 0 bridgehead atoms. The molecule has 0 atom stereocenters. The van der Waals surface area contributed by atoms with E-state index >= 15 is 0 Å². The minimum atomic E-state index is 0.914. The molecule has 0 radical (unpaired) electrons. The third-order valence-electron chi connectivity index (χ3n) is 3.29. The summed E-state index contributed by atoms with van der Waals surface area (Å²) in [6.45, 7) is 4.03. The van der Waals surface area contributed by atoms with Gasteiger partial charge in [-0.3, -0.25) is 0 Å². The second kappa shape index (κ2) is 8.75. The fraction of sp³-hybridized carbons (Fsp3) is 0.333.